The third-order valence-corrected chi connectivity index (χ3v) is 9.61. The smallest absolute Gasteiger partial charge is 0.410 e. The Morgan fingerprint density at radius 2 is 1.80 bits per heavy atom. The number of halogens is 1. The van der Waals surface area contributed by atoms with Gasteiger partial charge in [0.15, 0.2) is 0 Å². The highest BCUT2D eigenvalue weighted by Crippen LogP contribution is 2.40. The maximum Gasteiger partial charge on any atom is 0.410 e. The fourth-order valence-corrected chi connectivity index (χ4v) is 6.90. The first-order valence-corrected chi connectivity index (χ1v) is 17.1. The molecule has 3 aliphatic heterocycles. The van der Waals surface area contributed by atoms with Crippen LogP contribution in [0, 0.1) is 5.82 Å². The van der Waals surface area contributed by atoms with Crippen LogP contribution >= 0.6 is 0 Å². The summed E-state index contributed by atoms with van der Waals surface area (Å²) < 4.78 is 25.0. The Morgan fingerprint density at radius 3 is 2.46 bits per heavy atom. The molecule has 1 aromatic carbocycles. The summed E-state index contributed by atoms with van der Waals surface area (Å²) in [5.74, 6) is -2.33. The van der Waals surface area contributed by atoms with Crippen molar-refractivity contribution < 1.29 is 38.1 Å². The molecule has 0 saturated carbocycles. The van der Waals surface area contributed by atoms with Gasteiger partial charge in [-0.05, 0) is 77.3 Å². The number of rotatable bonds is 9. The molecule has 2 N–H and O–H groups in total. The van der Waals surface area contributed by atoms with Gasteiger partial charge in [0.1, 0.15) is 23.4 Å². The molecule has 50 heavy (non-hydrogen) atoms. The largest absolute Gasteiger partial charge is 0.480 e. The van der Waals surface area contributed by atoms with Gasteiger partial charge in [0.2, 0.25) is 11.8 Å². The number of nitrogens with one attached hydrogen (secondary N) is 1. The summed E-state index contributed by atoms with van der Waals surface area (Å²) in [6.07, 6.45) is 1.66. The maximum atomic E-state index is 14.4. The van der Waals surface area contributed by atoms with Gasteiger partial charge in [-0.1, -0.05) is 12.1 Å². The number of anilines is 1. The first-order chi connectivity index (χ1) is 23.5. The van der Waals surface area contributed by atoms with Crippen LogP contribution in [0.5, 0.6) is 0 Å². The molecular weight excluding hydrogens is 647 g/mol. The lowest BCUT2D eigenvalue weighted by Gasteiger charge is -2.47. The number of piperazine rings is 1. The van der Waals surface area contributed by atoms with Crippen molar-refractivity contribution in [3.8, 4) is 0 Å². The van der Waals surface area contributed by atoms with E-state index in [2.05, 4.69) is 27.0 Å². The molecule has 4 heterocycles. The zero-order valence-corrected chi connectivity index (χ0v) is 29.8. The van der Waals surface area contributed by atoms with Crippen LogP contribution in [-0.2, 0) is 35.7 Å². The normalized spacial score (nSPS) is 24.5. The number of hydrogen-bond acceptors (Lipinski definition) is 9. The highest BCUT2D eigenvalue weighted by Gasteiger charge is 2.49. The number of carbonyl (C=O) groups excluding carboxylic acids is 3. The lowest BCUT2D eigenvalue weighted by molar-refractivity contribution is -0.138. The quantitative estimate of drug-likeness (QED) is 0.402. The summed E-state index contributed by atoms with van der Waals surface area (Å²) in [5.41, 5.74) is 0.499. The van der Waals surface area contributed by atoms with Crippen molar-refractivity contribution in [3.05, 3.63) is 59.2 Å². The van der Waals surface area contributed by atoms with Crippen LogP contribution in [0.2, 0.25) is 0 Å². The van der Waals surface area contributed by atoms with E-state index < -0.39 is 35.5 Å². The number of pyridine rings is 1. The summed E-state index contributed by atoms with van der Waals surface area (Å²) in [7, 11) is 0. The van der Waals surface area contributed by atoms with Crippen molar-refractivity contribution in [2.45, 2.75) is 77.1 Å². The molecule has 0 bridgehead atoms. The second kappa shape index (κ2) is 15.0. The van der Waals surface area contributed by atoms with Gasteiger partial charge in [0.05, 0.1) is 31.1 Å². The molecule has 272 valence electrons. The molecule has 5 rings (SSSR count). The highest BCUT2D eigenvalue weighted by molar-refractivity contribution is 6.02. The number of ether oxygens (including phenoxy) is 2. The van der Waals surface area contributed by atoms with Gasteiger partial charge >= 0.3 is 12.1 Å². The van der Waals surface area contributed by atoms with Crippen molar-refractivity contribution in [3.63, 3.8) is 0 Å². The van der Waals surface area contributed by atoms with E-state index in [1.54, 1.807) is 35.1 Å². The van der Waals surface area contributed by atoms with Gasteiger partial charge in [-0.3, -0.25) is 29.2 Å². The van der Waals surface area contributed by atoms with E-state index in [-0.39, 0.29) is 42.9 Å². The Hall–Kier alpha value is -4.14. The average Bonchev–Trinajstić information content (AvgIpc) is 3.35. The number of carboxylic acids is 1. The van der Waals surface area contributed by atoms with E-state index in [9.17, 15) is 28.7 Å². The molecule has 13 nitrogen and oxygen atoms in total. The summed E-state index contributed by atoms with van der Waals surface area (Å²) >= 11 is 0. The maximum absolute atomic E-state index is 14.4. The molecule has 0 spiro atoms. The number of aliphatic carboxylic acids is 1. The lowest BCUT2D eigenvalue weighted by atomic mass is 9.87. The second-order valence-corrected chi connectivity index (χ2v) is 14.9. The van der Waals surface area contributed by atoms with E-state index >= 15 is 0 Å². The fourth-order valence-electron chi connectivity index (χ4n) is 6.90. The number of amides is 3. The van der Waals surface area contributed by atoms with E-state index in [1.807, 2.05) is 33.8 Å². The highest BCUT2D eigenvalue weighted by atomic mass is 19.1. The Morgan fingerprint density at radius 1 is 1.08 bits per heavy atom. The van der Waals surface area contributed by atoms with Gasteiger partial charge in [-0.15, -0.1) is 0 Å². The summed E-state index contributed by atoms with van der Waals surface area (Å²) in [6, 6.07) is 7.69. The van der Waals surface area contributed by atoms with Gasteiger partial charge in [-0.25, -0.2) is 9.18 Å². The number of aromatic nitrogens is 1. The average molecular weight is 697 g/mol. The third kappa shape index (κ3) is 8.59. The molecule has 1 aromatic heterocycles. The molecule has 2 saturated heterocycles. The molecule has 14 heteroatoms. The van der Waals surface area contributed by atoms with E-state index in [0.29, 0.717) is 50.7 Å². The Labute approximate surface area is 292 Å². The number of carboxylic acid groups (broad SMARTS) is 1. The first-order valence-electron chi connectivity index (χ1n) is 17.1. The van der Waals surface area contributed by atoms with Crippen molar-refractivity contribution >= 4 is 29.6 Å². The van der Waals surface area contributed by atoms with E-state index in [0.717, 1.165) is 17.7 Å². The number of nitrogens with zero attached hydrogens (tertiary/aromatic N) is 5. The van der Waals surface area contributed by atoms with E-state index in [4.69, 9.17) is 9.47 Å². The number of morpholine rings is 1. The molecule has 3 amide bonds. The lowest BCUT2D eigenvalue weighted by Crippen LogP contribution is -2.64. The standard InChI is InChI=1S/C36H49FN6O7/c1-23-17-41(28(18-40-11-12-49-21-24(40)2)19-42(23)34(48)50-35(3,4)5)20-30(44)43-22-36(6,33(47)39-16-31(45)46)32-29(43)14-26(15-38-32)13-25-7-9-27(37)10-8-25/h7-10,14-15,23-24,28H,11-13,16-22H2,1-6H3,(H,39,47)(H,45,46)/t23?,24?,28-,36+/m0/s1. The van der Waals surface area contributed by atoms with Crippen LogP contribution in [0.3, 0.4) is 0 Å². The monoisotopic (exact) mass is 696 g/mol. The molecule has 0 aliphatic carbocycles. The Balaban J connectivity index is 1.43. The number of benzene rings is 1. The van der Waals surface area contributed by atoms with Crippen LogP contribution in [0.25, 0.3) is 0 Å². The van der Waals surface area contributed by atoms with Crippen LogP contribution in [0.4, 0.5) is 14.9 Å². The molecule has 3 aliphatic rings. The number of carbonyl (C=O) groups is 4. The molecular formula is C36H49FN6O7. The van der Waals surface area contributed by atoms with Gasteiger partial charge < -0.3 is 29.7 Å². The Bertz CT molecular complexity index is 1580. The van der Waals surface area contributed by atoms with Crippen LogP contribution in [0.15, 0.2) is 36.5 Å². The fraction of sp³-hybridized carbons (Fsp3) is 0.583. The van der Waals surface area contributed by atoms with Gasteiger partial charge in [-0.2, -0.15) is 0 Å². The topological polar surface area (TPSA) is 145 Å². The van der Waals surface area contributed by atoms with Crippen molar-refractivity contribution in [2.24, 2.45) is 0 Å². The van der Waals surface area contributed by atoms with Crippen molar-refractivity contribution in [1.82, 2.24) is 25.0 Å². The molecule has 2 unspecified atom stereocenters. The zero-order chi connectivity index (χ0) is 36.4. The summed E-state index contributed by atoms with van der Waals surface area (Å²) in [5, 5.41) is 11.7. The number of hydrogen-bond donors (Lipinski definition) is 2. The minimum Gasteiger partial charge on any atom is -0.480 e. The SMILES string of the molecule is CC1COCCN1C[C@H]1CN(C(=O)OC(C)(C)C)C(C)CN1CC(=O)N1C[C@@](C)(C(=O)NCC(=O)O)c2ncc(Cc3ccc(F)cc3)cc21. The zero-order valence-electron chi connectivity index (χ0n) is 29.8. The Kier molecular flexibility index (Phi) is 11.1. The minimum absolute atomic E-state index is 0.0182. The minimum atomic E-state index is -1.31. The molecule has 2 aromatic rings. The van der Waals surface area contributed by atoms with Gasteiger partial charge in [0.25, 0.3) is 0 Å². The third-order valence-electron chi connectivity index (χ3n) is 9.61. The van der Waals surface area contributed by atoms with Crippen LogP contribution in [-0.4, -0.2) is 131 Å². The summed E-state index contributed by atoms with van der Waals surface area (Å²) in [6.45, 7) is 13.9. The molecule has 0 radical (unpaired) electrons. The van der Waals surface area contributed by atoms with Crippen LogP contribution < -0.4 is 10.2 Å². The van der Waals surface area contributed by atoms with E-state index in [1.165, 1.54) is 12.1 Å². The van der Waals surface area contributed by atoms with Gasteiger partial charge in [0, 0.05) is 57.0 Å². The molecule has 4 atom stereocenters. The molecule has 2 fully saturated rings. The second-order valence-electron chi connectivity index (χ2n) is 14.9. The van der Waals surface area contributed by atoms with Crippen molar-refractivity contribution in [1.29, 1.82) is 0 Å². The van der Waals surface area contributed by atoms with Crippen LogP contribution in [0.1, 0.15) is 58.4 Å². The predicted octanol–water partition coefficient (Wildman–Crippen LogP) is 2.65. The summed E-state index contributed by atoms with van der Waals surface area (Å²) in [4.78, 5) is 64.9. The predicted molar refractivity (Wildman–Crippen MR) is 183 cm³/mol. The van der Waals surface area contributed by atoms with Crippen molar-refractivity contribution in [2.75, 3.05) is 63.9 Å². The number of fused-ring (bicyclic) bond motifs is 1. The first kappa shape index (κ1) is 37.1.